The number of nitrogens with one attached hydrogen (secondary N) is 2. The van der Waals surface area contributed by atoms with Gasteiger partial charge in [-0.25, -0.2) is 4.98 Å². The summed E-state index contributed by atoms with van der Waals surface area (Å²) < 4.78 is 0. The minimum atomic E-state index is -0.0803. The average Bonchev–Trinajstić information content (AvgIpc) is 2.80. The van der Waals surface area contributed by atoms with Crippen LogP contribution in [0.4, 0.5) is 11.5 Å². The minimum Gasteiger partial charge on any atom is -0.348 e. The van der Waals surface area contributed by atoms with Crippen LogP contribution < -0.4 is 10.6 Å². The van der Waals surface area contributed by atoms with Crippen molar-refractivity contribution in [3.8, 4) is 11.1 Å². The first-order chi connectivity index (χ1) is 14.7. The molecule has 1 amide bonds. The zero-order valence-electron chi connectivity index (χ0n) is 16.8. The van der Waals surface area contributed by atoms with Crippen molar-refractivity contribution in [3.63, 3.8) is 0 Å². The molecule has 0 atom stereocenters. The maximum absolute atomic E-state index is 12.5. The number of amides is 1. The molecule has 0 aliphatic rings. The van der Waals surface area contributed by atoms with Gasteiger partial charge in [0.2, 0.25) is 0 Å². The third-order valence-corrected chi connectivity index (χ3v) is 4.90. The molecular formula is C26H23N3O. The summed E-state index contributed by atoms with van der Waals surface area (Å²) in [5, 5.41) is 6.29. The van der Waals surface area contributed by atoms with E-state index >= 15 is 0 Å². The molecule has 1 heterocycles. The summed E-state index contributed by atoms with van der Waals surface area (Å²) in [6, 6.07) is 29.6. The maximum atomic E-state index is 12.5. The molecule has 0 aliphatic heterocycles. The molecule has 30 heavy (non-hydrogen) atoms. The molecule has 0 bridgehead atoms. The van der Waals surface area contributed by atoms with E-state index in [0.29, 0.717) is 12.1 Å². The van der Waals surface area contributed by atoms with Crippen LogP contribution in [-0.4, -0.2) is 10.9 Å². The Bertz CT molecular complexity index is 1120. The number of aryl methyl sites for hydroxylation is 1. The Morgan fingerprint density at radius 1 is 0.867 bits per heavy atom. The van der Waals surface area contributed by atoms with Gasteiger partial charge in [0.05, 0.1) is 0 Å². The lowest BCUT2D eigenvalue weighted by Gasteiger charge is -2.11. The molecule has 4 aromatic rings. The summed E-state index contributed by atoms with van der Waals surface area (Å²) >= 11 is 0. The molecule has 4 rings (SSSR count). The number of anilines is 2. The Labute approximate surface area is 176 Å². The second kappa shape index (κ2) is 9.05. The quantitative estimate of drug-likeness (QED) is 0.440. The molecule has 0 spiro atoms. The van der Waals surface area contributed by atoms with Crippen LogP contribution in [0.1, 0.15) is 21.5 Å². The van der Waals surface area contributed by atoms with Crippen molar-refractivity contribution in [2.75, 3.05) is 5.32 Å². The standard InChI is InChI=1S/C26H23N3O/c1-19-17-27-25(29-23-10-6-3-7-11-23)16-24(19)21-12-14-22(15-13-21)26(30)28-18-20-8-4-2-5-9-20/h2-17H,18H2,1H3,(H,27,29)(H,28,30). The number of benzene rings is 3. The number of hydrogen-bond acceptors (Lipinski definition) is 3. The lowest BCUT2D eigenvalue weighted by Crippen LogP contribution is -2.22. The van der Waals surface area contributed by atoms with Gasteiger partial charge in [-0.1, -0.05) is 60.7 Å². The number of nitrogens with zero attached hydrogens (tertiary/aromatic N) is 1. The highest BCUT2D eigenvalue weighted by Gasteiger charge is 2.09. The third-order valence-electron chi connectivity index (χ3n) is 4.90. The van der Waals surface area contributed by atoms with Gasteiger partial charge in [0.15, 0.2) is 0 Å². The number of rotatable bonds is 6. The van der Waals surface area contributed by atoms with Crippen molar-refractivity contribution in [2.45, 2.75) is 13.5 Å². The molecule has 1 aromatic heterocycles. The van der Waals surface area contributed by atoms with Gasteiger partial charge >= 0.3 is 0 Å². The van der Waals surface area contributed by atoms with Crippen molar-refractivity contribution in [2.24, 2.45) is 0 Å². The fraction of sp³-hybridized carbons (Fsp3) is 0.0769. The predicted molar refractivity (Wildman–Crippen MR) is 122 cm³/mol. The molecular weight excluding hydrogens is 370 g/mol. The second-order valence-electron chi connectivity index (χ2n) is 7.12. The Morgan fingerprint density at radius 2 is 1.53 bits per heavy atom. The fourth-order valence-corrected chi connectivity index (χ4v) is 3.25. The summed E-state index contributed by atoms with van der Waals surface area (Å²) in [5.74, 6) is 0.703. The van der Waals surface area contributed by atoms with E-state index in [4.69, 9.17) is 0 Å². The minimum absolute atomic E-state index is 0.0803. The summed E-state index contributed by atoms with van der Waals surface area (Å²) in [7, 11) is 0. The van der Waals surface area contributed by atoms with E-state index in [1.54, 1.807) is 0 Å². The predicted octanol–water partition coefficient (Wildman–Crippen LogP) is 5.73. The summed E-state index contributed by atoms with van der Waals surface area (Å²) in [6.45, 7) is 2.55. The largest absolute Gasteiger partial charge is 0.348 e. The number of carbonyl (C=O) groups is 1. The molecule has 0 fully saturated rings. The number of aromatic nitrogens is 1. The first kappa shape index (κ1) is 19.4. The first-order valence-corrected chi connectivity index (χ1v) is 9.90. The van der Waals surface area contributed by atoms with Gasteiger partial charge in [-0.15, -0.1) is 0 Å². The highest BCUT2D eigenvalue weighted by molar-refractivity contribution is 5.94. The van der Waals surface area contributed by atoms with Gasteiger partial charge in [-0.3, -0.25) is 4.79 Å². The lowest BCUT2D eigenvalue weighted by molar-refractivity contribution is 0.0951. The van der Waals surface area contributed by atoms with Gasteiger partial charge in [0, 0.05) is 24.0 Å². The van der Waals surface area contributed by atoms with Crippen LogP contribution in [0.25, 0.3) is 11.1 Å². The third kappa shape index (κ3) is 4.73. The van der Waals surface area contributed by atoms with Crippen molar-refractivity contribution in [1.82, 2.24) is 10.3 Å². The SMILES string of the molecule is Cc1cnc(Nc2ccccc2)cc1-c1ccc(C(=O)NCc2ccccc2)cc1. The highest BCUT2D eigenvalue weighted by atomic mass is 16.1. The average molecular weight is 393 g/mol. The molecule has 0 radical (unpaired) electrons. The highest BCUT2D eigenvalue weighted by Crippen LogP contribution is 2.27. The number of para-hydroxylation sites is 1. The molecule has 0 saturated heterocycles. The van der Waals surface area contributed by atoms with E-state index in [0.717, 1.165) is 33.8 Å². The molecule has 0 saturated carbocycles. The summed E-state index contributed by atoms with van der Waals surface area (Å²) in [6.07, 6.45) is 1.86. The van der Waals surface area contributed by atoms with Gasteiger partial charge < -0.3 is 10.6 Å². The van der Waals surface area contributed by atoms with Crippen LogP contribution >= 0.6 is 0 Å². The summed E-state index contributed by atoms with van der Waals surface area (Å²) in [5.41, 5.74) is 5.92. The molecule has 0 unspecified atom stereocenters. The zero-order valence-corrected chi connectivity index (χ0v) is 16.8. The van der Waals surface area contributed by atoms with Crippen LogP contribution in [0.3, 0.4) is 0 Å². The smallest absolute Gasteiger partial charge is 0.251 e. The van der Waals surface area contributed by atoms with Crippen LogP contribution in [0.15, 0.2) is 97.2 Å². The van der Waals surface area contributed by atoms with Crippen LogP contribution in [-0.2, 0) is 6.54 Å². The van der Waals surface area contributed by atoms with Crippen LogP contribution in [0.5, 0.6) is 0 Å². The molecule has 2 N–H and O–H groups in total. The number of pyridine rings is 1. The normalized spacial score (nSPS) is 10.4. The van der Waals surface area contributed by atoms with Crippen LogP contribution in [0, 0.1) is 6.92 Å². The number of hydrogen-bond donors (Lipinski definition) is 2. The first-order valence-electron chi connectivity index (χ1n) is 9.90. The molecule has 3 aromatic carbocycles. The molecule has 4 heteroatoms. The Balaban J connectivity index is 1.48. The van der Waals surface area contributed by atoms with Gasteiger partial charge in [-0.05, 0) is 59.5 Å². The molecule has 148 valence electrons. The van der Waals surface area contributed by atoms with Crippen LogP contribution in [0.2, 0.25) is 0 Å². The lowest BCUT2D eigenvalue weighted by atomic mass is 10.0. The van der Waals surface area contributed by atoms with E-state index in [1.807, 2.05) is 104 Å². The van der Waals surface area contributed by atoms with E-state index in [2.05, 4.69) is 15.6 Å². The van der Waals surface area contributed by atoms with E-state index < -0.39 is 0 Å². The maximum Gasteiger partial charge on any atom is 0.251 e. The Kier molecular flexibility index (Phi) is 5.85. The van der Waals surface area contributed by atoms with Crippen molar-refractivity contribution in [1.29, 1.82) is 0 Å². The zero-order chi connectivity index (χ0) is 20.8. The second-order valence-corrected chi connectivity index (χ2v) is 7.12. The monoisotopic (exact) mass is 393 g/mol. The Morgan fingerprint density at radius 3 is 2.23 bits per heavy atom. The molecule has 4 nitrogen and oxygen atoms in total. The van der Waals surface area contributed by atoms with E-state index in [-0.39, 0.29) is 5.91 Å². The van der Waals surface area contributed by atoms with E-state index in [1.165, 1.54) is 0 Å². The van der Waals surface area contributed by atoms with E-state index in [9.17, 15) is 4.79 Å². The van der Waals surface area contributed by atoms with Crippen molar-refractivity contribution in [3.05, 3.63) is 114 Å². The number of carbonyl (C=O) groups excluding carboxylic acids is 1. The van der Waals surface area contributed by atoms with Gasteiger partial charge in [-0.2, -0.15) is 0 Å². The Hall–Kier alpha value is -3.92. The van der Waals surface area contributed by atoms with Gasteiger partial charge in [0.1, 0.15) is 5.82 Å². The summed E-state index contributed by atoms with van der Waals surface area (Å²) in [4.78, 5) is 16.9. The molecule has 0 aliphatic carbocycles. The van der Waals surface area contributed by atoms with Crippen molar-refractivity contribution < 1.29 is 4.79 Å². The van der Waals surface area contributed by atoms with Gasteiger partial charge in [0.25, 0.3) is 5.91 Å². The topological polar surface area (TPSA) is 54.0 Å². The fourth-order valence-electron chi connectivity index (χ4n) is 3.25. The van der Waals surface area contributed by atoms with Crippen molar-refractivity contribution >= 4 is 17.4 Å².